The summed E-state index contributed by atoms with van der Waals surface area (Å²) in [5.41, 5.74) is 4.18. The minimum atomic E-state index is -0.0660. The summed E-state index contributed by atoms with van der Waals surface area (Å²) in [5, 5.41) is 4.22. The number of fused-ring (bicyclic) bond motifs is 1. The lowest BCUT2D eigenvalue weighted by Gasteiger charge is -2.10. The maximum absolute atomic E-state index is 12.5. The molecule has 2 aromatic heterocycles. The van der Waals surface area contributed by atoms with Crippen molar-refractivity contribution in [3.8, 4) is 5.75 Å². The van der Waals surface area contributed by atoms with Crippen molar-refractivity contribution >= 4 is 22.5 Å². The zero-order chi connectivity index (χ0) is 23.8. The number of aryl methyl sites for hydroxylation is 1. The number of hydrogen-bond acceptors (Lipinski definition) is 3. The van der Waals surface area contributed by atoms with Gasteiger partial charge >= 0.3 is 0 Å². The zero-order valence-electron chi connectivity index (χ0n) is 20.3. The molecule has 0 saturated carbocycles. The molecule has 0 atom stereocenters. The second kappa shape index (κ2) is 13.0. The summed E-state index contributed by atoms with van der Waals surface area (Å²) in [6.45, 7) is 2.22. The van der Waals surface area contributed by atoms with Gasteiger partial charge in [-0.25, -0.2) is 4.57 Å². The third-order valence-electron chi connectivity index (χ3n) is 5.94. The number of aromatic amines is 1. The van der Waals surface area contributed by atoms with Crippen LogP contribution in [-0.4, -0.2) is 38.1 Å². The molecule has 2 heterocycles. The molecule has 0 spiro atoms. The molecule has 0 bridgehead atoms. The molecule has 2 aromatic carbocycles. The number of rotatable bonds is 11. The van der Waals surface area contributed by atoms with Gasteiger partial charge in [0.2, 0.25) is 0 Å². The smallest absolute Gasteiger partial charge is 0.251 e. The summed E-state index contributed by atoms with van der Waals surface area (Å²) in [4.78, 5) is 17.8. The Morgan fingerprint density at radius 3 is 2.49 bits per heavy atom. The van der Waals surface area contributed by atoms with Crippen LogP contribution in [0.3, 0.4) is 0 Å². The summed E-state index contributed by atoms with van der Waals surface area (Å²) in [6.07, 6.45) is 9.04. The molecule has 1 amide bonds. The van der Waals surface area contributed by atoms with E-state index in [2.05, 4.69) is 56.4 Å². The Morgan fingerprint density at radius 1 is 1.00 bits per heavy atom. The Bertz CT molecular complexity index is 1200. The number of benzene rings is 2. The minimum absolute atomic E-state index is 0. The van der Waals surface area contributed by atoms with E-state index in [1.165, 1.54) is 16.6 Å². The van der Waals surface area contributed by atoms with Gasteiger partial charge in [-0.1, -0.05) is 18.2 Å². The molecule has 0 aliphatic heterocycles. The lowest BCUT2D eigenvalue weighted by atomic mass is 10.1. The summed E-state index contributed by atoms with van der Waals surface area (Å²) >= 11 is 0. The van der Waals surface area contributed by atoms with Crippen molar-refractivity contribution in [2.24, 2.45) is 0 Å². The summed E-state index contributed by atoms with van der Waals surface area (Å²) in [5.74, 6) is 0.724. The number of unbranched alkanes of at least 4 members (excludes halogenated alkanes) is 1. The molecule has 35 heavy (non-hydrogen) atoms. The maximum Gasteiger partial charge on any atom is 0.251 e. The number of ether oxygens (including phenoxy) is 1. The number of carbonyl (C=O) groups is 1. The Hall–Kier alpha value is -3.32. The van der Waals surface area contributed by atoms with Crippen LogP contribution in [0.15, 0.2) is 79.3 Å². The molecule has 0 saturated heterocycles. The van der Waals surface area contributed by atoms with Crippen LogP contribution in [0.25, 0.3) is 10.9 Å². The number of anilines is 1. The number of amides is 1. The fraction of sp³-hybridized carbons (Fsp3) is 0.286. The fourth-order valence-electron chi connectivity index (χ4n) is 3.94. The van der Waals surface area contributed by atoms with Gasteiger partial charge in [0.05, 0.1) is 6.61 Å². The highest BCUT2D eigenvalue weighted by atomic mass is 79.9. The first-order valence-electron chi connectivity index (χ1n) is 11.8. The Balaban J connectivity index is 0.00000342. The largest absolute Gasteiger partial charge is 1.00 e. The SMILES string of the molecule is CN(C)c1cc[n+](CCCCOc2ccc(C(=O)NCCc3c[nH]c4ccccc34)cc2)cc1.[Br-]. The van der Waals surface area contributed by atoms with Crippen molar-refractivity contribution in [3.63, 3.8) is 0 Å². The first-order chi connectivity index (χ1) is 16.6. The fourth-order valence-corrected chi connectivity index (χ4v) is 3.94. The van der Waals surface area contributed by atoms with E-state index in [-0.39, 0.29) is 22.9 Å². The van der Waals surface area contributed by atoms with E-state index in [1.54, 1.807) is 0 Å². The average molecular weight is 538 g/mol. The van der Waals surface area contributed by atoms with Gasteiger partial charge in [-0.2, -0.15) is 0 Å². The molecular weight excluding hydrogens is 504 g/mol. The van der Waals surface area contributed by atoms with Crippen LogP contribution >= 0.6 is 0 Å². The van der Waals surface area contributed by atoms with Crippen molar-refractivity contribution in [2.75, 3.05) is 32.1 Å². The monoisotopic (exact) mass is 536 g/mol. The van der Waals surface area contributed by atoms with Gasteiger partial charge in [-0.05, 0) is 48.7 Å². The predicted molar refractivity (Wildman–Crippen MR) is 136 cm³/mol. The number of pyridine rings is 1. The van der Waals surface area contributed by atoms with Crippen LogP contribution < -0.4 is 36.5 Å². The Morgan fingerprint density at radius 2 is 1.74 bits per heavy atom. The van der Waals surface area contributed by atoms with Gasteiger partial charge in [0.1, 0.15) is 12.3 Å². The number of nitrogens with one attached hydrogen (secondary N) is 2. The number of nitrogens with zero attached hydrogens (tertiary/aromatic N) is 2. The van der Waals surface area contributed by atoms with Gasteiger partial charge in [0.15, 0.2) is 12.4 Å². The van der Waals surface area contributed by atoms with E-state index in [0.29, 0.717) is 18.7 Å². The van der Waals surface area contributed by atoms with Crippen LogP contribution in [0, 0.1) is 0 Å². The summed E-state index contributed by atoms with van der Waals surface area (Å²) < 4.78 is 8.04. The van der Waals surface area contributed by atoms with Crippen LogP contribution in [0.4, 0.5) is 5.69 Å². The number of carbonyl (C=O) groups excluding carboxylic acids is 1. The maximum atomic E-state index is 12.5. The number of hydrogen-bond donors (Lipinski definition) is 2. The number of H-pyrrole nitrogens is 1. The van der Waals surface area contributed by atoms with Crippen molar-refractivity contribution in [2.45, 2.75) is 25.8 Å². The van der Waals surface area contributed by atoms with Gasteiger partial charge < -0.3 is 36.9 Å². The van der Waals surface area contributed by atoms with Crippen molar-refractivity contribution in [3.05, 3.63) is 90.4 Å². The van der Waals surface area contributed by atoms with E-state index in [9.17, 15) is 4.79 Å². The first kappa shape index (κ1) is 26.3. The molecule has 7 heteroatoms. The van der Waals surface area contributed by atoms with E-state index >= 15 is 0 Å². The summed E-state index contributed by atoms with van der Waals surface area (Å²) in [7, 11) is 4.09. The van der Waals surface area contributed by atoms with Crippen LogP contribution in [0.2, 0.25) is 0 Å². The molecule has 0 aliphatic rings. The highest BCUT2D eigenvalue weighted by Gasteiger charge is 2.08. The molecule has 2 N–H and O–H groups in total. The molecule has 0 aliphatic carbocycles. The summed E-state index contributed by atoms with van der Waals surface area (Å²) in [6, 6.07) is 19.8. The van der Waals surface area contributed by atoms with Gasteiger partial charge in [-0.3, -0.25) is 4.79 Å². The standard InChI is InChI=1S/C28H32N4O2.BrH/c1-31(2)24-14-18-32(19-15-24)17-5-6-20-34-25-11-9-22(10-12-25)28(33)29-16-13-23-21-30-27-8-4-3-7-26(23)27;/h3-4,7-12,14-15,18-19,21,30H,5-6,13,16-17,20H2,1-2H3;1H. The number of para-hydroxylation sites is 1. The van der Waals surface area contributed by atoms with E-state index in [4.69, 9.17) is 4.74 Å². The molecular formula is C28H33BrN4O2. The van der Waals surface area contributed by atoms with Crippen LogP contribution in [0.1, 0.15) is 28.8 Å². The van der Waals surface area contributed by atoms with Crippen molar-refractivity contribution in [1.29, 1.82) is 0 Å². The average Bonchev–Trinajstić information content (AvgIpc) is 3.27. The molecule has 4 rings (SSSR count). The topological polar surface area (TPSA) is 61.2 Å². The van der Waals surface area contributed by atoms with Crippen LogP contribution in [0.5, 0.6) is 5.75 Å². The Labute approximate surface area is 217 Å². The Kier molecular flexibility index (Phi) is 9.73. The number of halogens is 1. The van der Waals surface area contributed by atoms with E-state index in [0.717, 1.165) is 37.1 Å². The van der Waals surface area contributed by atoms with Crippen molar-refractivity contribution in [1.82, 2.24) is 10.3 Å². The lowest BCUT2D eigenvalue weighted by Crippen LogP contribution is -3.00. The molecule has 184 valence electrons. The minimum Gasteiger partial charge on any atom is -1.00 e. The van der Waals surface area contributed by atoms with Crippen molar-refractivity contribution < 1.29 is 31.1 Å². The van der Waals surface area contributed by atoms with Gasteiger partial charge in [0, 0.05) is 67.5 Å². The van der Waals surface area contributed by atoms with Gasteiger partial charge in [-0.15, -0.1) is 0 Å². The first-order valence-corrected chi connectivity index (χ1v) is 11.8. The normalized spacial score (nSPS) is 10.6. The second-order valence-electron chi connectivity index (χ2n) is 8.63. The predicted octanol–water partition coefficient (Wildman–Crippen LogP) is 1.36. The van der Waals surface area contributed by atoms with Gasteiger partial charge in [0.25, 0.3) is 5.91 Å². The molecule has 0 fully saturated rings. The van der Waals surface area contributed by atoms with Crippen LogP contribution in [-0.2, 0) is 13.0 Å². The molecule has 4 aromatic rings. The molecule has 0 unspecified atom stereocenters. The third kappa shape index (κ3) is 7.33. The highest BCUT2D eigenvalue weighted by molar-refractivity contribution is 5.94. The molecule has 6 nitrogen and oxygen atoms in total. The molecule has 0 radical (unpaired) electrons. The van der Waals surface area contributed by atoms with E-state index in [1.807, 2.05) is 56.7 Å². The third-order valence-corrected chi connectivity index (χ3v) is 5.94. The lowest BCUT2D eigenvalue weighted by molar-refractivity contribution is -0.697. The zero-order valence-corrected chi connectivity index (χ0v) is 21.9. The van der Waals surface area contributed by atoms with E-state index < -0.39 is 0 Å². The number of aromatic nitrogens is 2. The highest BCUT2D eigenvalue weighted by Crippen LogP contribution is 2.18. The second-order valence-corrected chi connectivity index (χ2v) is 8.63. The quantitative estimate of drug-likeness (QED) is 0.225.